The number of carbonyl (C=O) groups is 3. The number of aromatic amines is 1. The molecule has 1 aromatic heterocycles. The van der Waals surface area contributed by atoms with Gasteiger partial charge in [0, 0.05) is 31.2 Å². The Labute approximate surface area is 113 Å². The molecule has 0 aliphatic carbocycles. The van der Waals surface area contributed by atoms with E-state index >= 15 is 0 Å². The molecule has 1 N–H and O–H groups in total. The van der Waals surface area contributed by atoms with Crippen molar-refractivity contribution >= 4 is 34.6 Å². The quantitative estimate of drug-likeness (QED) is 0.816. The van der Waals surface area contributed by atoms with Gasteiger partial charge < -0.3 is 4.74 Å². The van der Waals surface area contributed by atoms with Crippen LogP contribution in [0.15, 0.2) is 6.07 Å². The minimum absolute atomic E-state index is 0.0167. The van der Waals surface area contributed by atoms with Crippen LogP contribution in [0.25, 0.3) is 0 Å². The van der Waals surface area contributed by atoms with Crippen molar-refractivity contribution < 1.29 is 19.1 Å². The standard InChI is InChI=1S/C11H13N3O4S/c1-6(15)19-7-3-10(16)14(5-7)9-4-8(12-13-9)11(17)18-2/h4,7H,3,5H2,1-2H3,(H,12,13). The number of methoxy groups -OCH3 is 1. The van der Waals surface area contributed by atoms with E-state index in [-0.39, 0.29) is 22.0 Å². The van der Waals surface area contributed by atoms with Crippen molar-refractivity contribution in [2.75, 3.05) is 18.6 Å². The van der Waals surface area contributed by atoms with E-state index in [0.717, 1.165) is 11.8 Å². The highest BCUT2D eigenvalue weighted by Gasteiger charge is 2.33. The molecule has 1 amide bonds. The van der Waals surface area contributed by atoms with Crippen LogP contribution in [0.4, 0.5) is 5.82 Å². The molecule has 0 bridgehead atoms. The Kier molecular flexibility index (Phi) is 3.89. The second-order valence-corrected chi connectivity index (χ2v) is 5.55. The first-order chi connectivity index (χ1) is 9.01. The van der Waals surface area contributed by atoms with Crippen LogP contribution in [0, 0.1) is 0 Å². The number of carbonyl (C=O) groups excluding carboxylic acids is 3. The second-order valence-electron chi connectivity index (χ2n) is 4.07. The fraction of sp³-hybridized carbons (Fsp3) is 0.455. The predicted octanol–water partition coefficient (Wildman–Crippen LogP) is 0.581. The van der Waals surface area contributed by atoms with Crippen LogP contribution >= 0.6 is 11.8 Å². The maximum Gasteiger partial charge on any atom is 0.356 e. The van der Waals surface area contributed by atoms with Gasteiger partial charge in [0.25, 0.3) is 0 Å². The third-order valence-corrected chi connectivity index (χ3v) is 3.65. The van der Waals surface area contributed by atoms with Crippen LogP contribution in [-0.4, -0.2) is 46.1 Å². The van der Waals surface area contributed by atoms with Gasteiger partial charge in [0.1, 0.15) is 5.69 Å². The summed E-state index contributed by atoms with van der Waals surface area (Å²) in [5.74, 6) is -0.279. The smallest absolute Gasteiger partial charge is 0.356 e. The molecular weight excluding hydrogens is 270 g/mol. The number of H-pyrrole nitrogens is 1. The molecule has 2 heterocycles. The van der Waals surface area contributed by atoms with E-state index < -0.39 is 5.97 Å². The Bertz CT molecular complexity index is 528. The molecule has 102 valence electrons. The first-order valence-corrected chi connectivity index (χ1v) is 6.50. The van der Waals surface area contributed by atoms with E-state index in [0.29, 0.717) is 18.8 Å². The van der Waals surface area contributed by atoms with Crippen molar-refractivity contribution in [2.45, 2.75) is 18.6 Å². The molecule has 1 unspecified atom stereocenters. The van der Waals surface area contributed by atoms with Gasteiger partial charge in [0.15, 0.2) is 10.9 Å². The summed E-state index contributed by atoms with van der Waals surface area (Å²) in [5, 5.41) is 6.35. The van der Waals surface area contributed by atoms with E-state index in [9.17, 15) is 14.4 Å². The molecule has 1 aliphatic heterocycles. The third kappa shape index (κ3) is 2.95. The minimum Gasteiger partial charge on any atom is -0.464 e. The molecule has 1 atom stereocenters. The zero-order chi connectivity index (χ0) is 14.0. The van der Waals surface area contributed by atoms with E-state index in [1.54, 1.807) is 0 Å². The normalized spacial score (nSPS) is 18.7. The van der Waals surface area contributed by atoms with Gasteiger partial charge in [-0.3, -0.25) is 19.6 Å². The molecule has 1 fully saturated rings. The SMILES string of the molecule is COC(=O)c1cc(N2CC(SC(C)=O)CC2=O)n[nH]1. The molecule has 2 rings (SSSR count). The number of nitrogens with zero attached hydrogens (tertiary/aromatic N) is 2. The molecule has 0 radical (unpaired) electrons. The number of amides is 1. The van der Waals surface area contributed by atoms with E-state index in [1.807, 2.05) is 0 Å². The average Bonchev–Trinajstić information content (AvgIpc) is 2.94. The highest BCUT2D eigenvalue weighted by molar-refractivity contribution is 8.14. The summed E-state index contributed by atoms with van der Waals surface area (Å²) >= 11 is 1.15. The number of aromatic nitrogens is 2. The zero-order valence-electron chi connectivity index (χ0n) is 10.5. The number of hydrogen-bond donors (Lipinski definition) is 1. The molecule has 0 spiro atoms. The monoisotopic (exact) mass is 283 g/mol. The van der Waals surface area contributed by atoms with Crippen molar-refractivity contribution in [1.82, 2.24) is 10.2 Å². The van der Waals surface area contributed by atoms with Gasteiger partial charge in [-0.05, 0) is 0 Å². The van der Waals surface area contributed by atoms with E-state index in [4.69, 9.17) is 0 Å². The average molecular weight is 283 g/mol. The third-order valence-electron chi connectivity index (χ3n) is 2.67. The summed E-state index contributed by atoms with van der Waals surface area (Å²) in [6.45, 7) is 1.89. The maximum absolute atomic E-state index is 11.8. The number of ether oxygens (including phenoxy) is 1. The van der Waals surface area contributed by atoms with Gasteiger partial charge in [0.2, 0.25) is 5.91 Å². The highest BCUT2D eigenvalue weighted by Crippen LogP contribution is 2.27. The van der Waals surface area contributed by atoms with Gasteiger partial charge in [-0.1, -0.05) is 11.8 Å². The van der Waals surface area contributed by atoms with Crippen molar-refractivity contribution in [3.63, 3.8) is 0 Å². The molecule has 1 aliphatic rings. The van der Waals surface area contributed by atoms with Crippen LogP contribution < -0.4 is 4.90 Å². The Morgan fingerprint density at radius 1 is 1.58 bits per heavy atom. The first kappa shape index (κ1) is 13.6. The lowest BCUT2D eigenvalue weighted by Gasteiger charge is -2.12. The molecule has 0 saturated carbocycles. The second kappa shape index (κ2) is 5.43. The van der Waals surface area contributed by atoms with Gasteiger partial charge in [0.05, 0.1) is 7.11 Å². The molecule has 1 saturated heterocycles. The molecule has 19 heavy (non-hydrogen) atoms. The summed E-state index contributed by atoms with van der Waals surface area (Å²) < 4.78 is 4.55. The number of thioether (sulfide) groups is 1. The maximum atomic E-state index is 11.8. The Morgan fingerprint density at radius 2 is 2.32 bits per heavy atom. The largest absolute Gasteiger partial charge is 0.464 e. The van der Waals surface area contributed by atoms with Crippen LogP contribution in [0.2, 0.25) is 0 Å². The van der Waals surface area contributed by atoms with Gasteiger partial charge in [-0.25, -0.2) is 4.79 Å². The Balaban J connectivity index is 2.10. The number of anilines is 1. The lowest BCUT2D eigenvalue weighted by Crippen LogP contribution is -2.25. The fourth-order valence-corrected chi connectivity index (χ4v) is 2.79. The summed E-state index contributed by atoms with van der Waals surface area (Å²) in [5.41, 5.74) is 0.188. The Morgan fingerprint density at radius 3 is 2.95 bits per heavy atom. The van der Waals surface area contributed by atoms with Gasteiger partial charge in [-0.15, -0.1) is 0 Å². The van der Waals surface area contributed by atoms with E-state index in [2.05, 4.69) is 14.9 Å². The molecule has 1 aromatic rings. The lowest BCUT2D eigenvalue weighted by atomic mass is 10.4. The van der Waals surface area contributed by atoms with Crippen molar-refractivity contribution in [2.24, 2.45) is 0 Å². The Hall–Kier alpha value is -1.83. The summed E-state index contributed by atoms with van der Waals surface area (Å²) in [4.78, 5) is 35.6. The molecule has 8 heteroatoms. The number of rotatable bonds is 3. The fourth-order valence-electron chi connectivity index (χ4n) is 1.87. The van der Waals surface area contributed by atoms with Crippen LogP contribution in [0.3, 0.4) is 0 Å². The van der Waals surface area contributed by atoms with Crippen molar-refractivity contribution in [3.05, 3.63) is 11.8 Å². The van der Waals surface area contributed by atoms with Crippen molar-refractivity contribution in [1.29, 1.82) is 0 Å². The summed E-state index contributed by atoms with van der Waals surface area (Å²) in [6.07, 6.45) is 0.296. The zero-order valence-corrected chi connectivity index (χ0v) is 11.3. The number of nitrogens with one attached hydrogen (secondary N) is 1. The minimum atomic E-state index is -0.542. The summed E-state index contributed by atoms with van der Waals surface area (Å²) in [7, 11) is 1.27. The number of hydrogen-bond acceptors (Lipinski definition) is 6. The summed E-state index contributed by atoms with van der Waals surface area (Å²) in [6, 6.07) is 1.46. The van der Waals surface area contributed by atoms with Crippen LogP contribution in [0.5, 0.6) is 0 Å². The van der Waals surface area contributed by atoms with Gasteiger partial charge >= 0.3 is 5.97 Å². The van der Waals surface area contributed by atoms with Gasteiger partial charge in [-0.2, -0.15) is 5.10 Å². The van der Waals surface area contributed by atoms with Crippen molar-refractivity contribution in [3.8, 4) is 0 Å². The van der Waals surface area contributed by atoms with Crippen LogP contribution in [0.1, 0.15) is 23.8 Å². The molecule has 7 nitrogen and oxygen atoms in total. The predicted molar refractivity (Wildman–Crippen MR) is 69.0 cm³/mol. The molecular formula is C11H13N3O4S. The van der Waals surface area contributed by atoms with E-state index in [1.165, 1.54) is 25.0 Å². The first-order valence-electron chi connectivity index (χ1n) is 5.62. The highest BCUT2D eigenvalue weighted by atomic mass is 32.2. The topological polar surface area (TPSA) is 92.4 Å². The lowest BCUT2D eigenvalue weighted by molar-refractivity contribution is -0.117. The van der Waals surface area contributed by atoms with Crippen LogP contribution in [-0.2, 0) is 14.3 Å². The molecule has 0 aromatic carbocycles. The number of esters is 1.